The SMILES string of the molecule is Cc1nc(N(C)C)cc(N2CCN(C(=O)c3cc(C)on3)CC2)n1. The number of aromatic nitrogens is 3. The Morgan fingerprint density at radius 3 is 2.42 bits per heavy atom. The number of anilines is 2. The Morgan fingerprint density at radius 2 is 1.83 bits per heavy atom. The molecule has 0 bridgehead atoms. The zero-order valence-corrected chi connectivity index (χ0v) is 14.5. The van der Waals surface area contributed by atoms with Crippen molar-refractivity contribution in [2.45, 2.75) is 13.8 Å². The summed E-state index contributed by atoms with van der Waals surface area (Å²) >= 11 is 0. The first-order valence-electron chi connectivity index (χ1n) is 7.94. The van der Waals surface area contributed by atoms with Crippen LogP contribution in [0.4, 0.5) is 11.6 Å². The molecule has 0 atom stereocenters. The third kappa shape index (κ3) is 3.32. The van der Waals surface area contributed by atoms with Crippen LogP contribution in [0.5, 0.6) is 0 Å². The fourth-order valence-electron chi connectivity index (χ4n) is 2.70. The van der Waals surface area contributed by atoms with Crippen molar-refractivity contribution in [3.63, 3.8) is 0 Å². The number of carbonyl (C=O) groups excluding carboxylic acids is 1. The minimum atomic E-state index is -0.0839. The highest BCUT2D eigenvalue weighted by Crippen LogP contribution is 2.19. The van der Waals surface area contributed by atoms with E-state index < -0.39 is 0 Å². The molecule has 2 aromatic rings. The number of nitrogens with zero attached hydrogens (tertiary/aromatic N) is 6. The van der Waals surface area contributed by atoms with Crippen molar-refractivity contribution in [2.24, 2.45) is 0 Å². The molecule has 1 aliphatic heterocycles. The highest BCUT2D eigenvalue weighted by Gasteiger charge is 2.25. The molecule has 24 heavy (non-hydrogen) atoms. The lowest BCUT2D eigenvalue weighted by atomic mass is 10.2. The molecular weight excluding hydrogens is 308 g/mol. The van der Waals surface area contributed by atoms with Gasteiger partial charge < -0.3 is 19.2 Å². The lowest BCUT2D eigenvalue weighted by molar-refractivity contribution is 0.0736. The lowest BCUT2D eigenvalue weighted by Gasteiger charge is -2.35. The Kier molecular flexibility index (Phi) is 4.37. The van der Waals surface area contributed by atoms with Gasteiger partial charge in [-0.05, 0) is 13.8 Å². The van der Waals surface area contributed by atoms with Crippen molar-refractivity contribution >= 4 is 17.5 Å². The second-order valence-corrected chi connectivity index (χ2v) is 6.13. The maximum absolute atomic E-state index is 12.4. The van der Waals surface area contributed by atoms with E-state index in [0.717, 1.165) is 30.5 Å². The molecule has 0 N–H and O–H groups in total. The monoisotopic (exact) mass is 330 g/mol. The van der Waals surface area contributed by atoms with E-state index >= 15 is 0 Å². The topological polar surface area (TPSA) is 78.6 Å². The van der Waals surface area contributed by atoms with Crippen molar-refractivity contribution in [3.8, 4) is 0 Å². The molecule has 128 valence electrons. The van der Waals surface area contributed by atoms with E-state index in [2.05, 4.69) is 20.0 Å². The molecule has 0 unspecified atom stereocenters. The summed E-state index contributed by atoms with van der Waals surface area (Å²) in [7, 11) is 3.92. The van der Waals surface area contributed by atoms with Crippen LogP contribution in [0.2, 0.25) is 0 Å². The van der Waals surface area contributed by atoms with Crippen LogP contribution in [0, 0.1) is 13.8 Å². The van der Waals surface area contributed by atoms with Gasteiger partial charge in [-0.2, -0.15) is 0 Å². The molecule has 2 aromatic heterocycles. The van der Waals surface area contributed by atoms with Crippen LogP contribution in [0.25, 0.3) is 0 Å². The molecule has 0 aromatic carbocycles. The normalized spacial score (nSPS) is 14.8. The quantitative estimate of drug-likeness (QED) is 0.834. The molecule has 3 heterocycles. The average molecular weight is 330 g/mol. The van der Waals surface area contributed by atoms with Gasteiger partial charge in [-0.25, -0.2) is 9.97 Å². The lowest BCUT2D eigenvalue weighted by Crippen LogP contribution is -2.49. The molecule has 0 spiro atoms. The van der Waals surface area contributed by atoms with E-state index in [1.165, 1.54) is 0 Å². The molecule has 8 heteroatoms. The van der Waals surface area contributed by atoms with Crippen LogP contribution in [0.3, 0.4) is 0 Å². The third-order valence-electron chi connectivity index (χ3n) is 4.01. The maximum Gasteiger partial charge on any atom is 0.276 e. The van der Waals surface area contributed by atoms with Crippen LogP contribution in [0.1, 0.15) is 22.1 Å². The molecule has 1 fully saturated rings. The Bertz CT molecular complexity index is 734. The van der Waals surface area contributed by atoms with Crippen LogP contribution in [-0.2, 0) is 0 Å². The number of hydrogen-bond donors (Lipinski definition) is 0. The van der Waals surface area contributed by atoms with Crippen molar-refractivity contribution in [1.82, 2.24) is 20.0 Å². The van der Waals surface area contributed by atoms with Crippen molar-refractivity contribution in [1.29, 1.82) is 0 Å². The van der Waals surface area contributed by atoms with Gasteiger partial charge in [0.1, 0.15) is 23.2 Å². The van der Waals surface area contributed by atoms with Crippen molar-refractivity contribution < 1.29 is 9.32 Å². The minimum absolute atomic E-state index is 0.0839. The number of aryl methyl sites for hydroxylation is 2. The van der Waals surface area contributed by atoms with Gasteiger partial charge in [-0.3, -0.25) is 4.79 Å². The summed E-state index contributed by atoms with van der Waals surface area (Å²) in [5.41, 5.74) is 0.369. The number of rotatable bonds is 3. The number of piperazine rings is 1. The molecule has 1 amide bonds. The predicted molar refractivity (Wildman–Crippen MR) is 90.5 cm³/mol. The highest BCUT2D eigenvalue weighted by atomic mass is 16.5. The molecule has 0 saturated carbocycles. The first-order chi connectivity index (χ1) is 11.4. The summed E-state index contributed by atoms with van der Waals surface area (Å²) in [5, 5.41) is 3.80. The van der Waals surface area contributed by atoms with Gasteiger partial charge in [0.15, 0.2) is 5.69 Å². The standard InChI is InChI=1S/C16H22N6O2/c1-11-9-13(19-24-11)16(23)22-7-5-21(6-8-22)15-10-14(20(3)4)17-12(2)18-15/h9-10H,5-8H2,1-4H3. The van der Waals surface area contributed by atoms with Gasteiger partial charge in [-0.1, -0.05) is 5.16 Å². The van der Waals surface area contributed by atoms with E-state index in [0.29, 0.717) is 24.5 Å². The predicted octanol–water partition coefficient (Wildman–Crippen LogP) is 1.11. The van der Waals surface area contributed by atoms with E-state index in [1.807, 2.05) is 32.0 Å². The van der Waals surface area contributed by atoms with Gasteiger partial charge >= 0.3 is 0 Å². The molecule has 1 saturated heterocycles. The van der Waals surface area contributed by atoms with Gasteiger partial charge in [-0.15, -0.1) is 0 Å². The number of amides is 1. The molecule has 3 rings (SSSR count). The zero-order valence-electron chi connectivity index (χ0n) is 14.5. The number of carbonyl (C=O) groups is 1. The average Bonchev–Trinajstić information content (AvgIpc) is 3.00. The van der Waals surface area contributed by atoms with Crippen LogP contribution >= 0.6 is 0 Å². The van der Waals surface area contributed by atoms with Crippen molar-refractivity contribution in [2.75, 3.05) is 50.1 Å². The van der Waals surface area contributed by atoms with Gasteiger partial charge in [0.25, 0.3) is 5.91 Å². The molecule has 8 nitrogen and oxygen atoms in total. The highest BCUT2D eigenvalue weighted by molar-refractivity contribution is 5.92. The van der Waals surface area contributed by atoms with Gasteiger partial charge in [0.05, 0.1) is 0 Å². The minimum Gasteiger partial charge on any atom is -0.363 e. The second-order valence-electron chi connectivity index (χ2n) is 6.13. The first kappa shape index (κ1) is 16.2. The van der Waals surface area contributed by atoms with Crippen LogP contribution in [0.15, 0.2) is 16.7 Å². The van der Waals surface area contributed by atoms with Crippen molar-refractivity contribution in [3.05, 3.63) is 29.4 Å². The Balaban J connectivity index is 1.68. The molecule has 0 radical (unpaired) electrons. The smallest absolute Gasteiger partial charge is 0.276 e. The van der Waals surface area contributed by atoms with E-state index in [9.17, 15) is 4.79 Å². The van der Waals surface area contributed by atoms with Crippen LogP contribution < -0.4 is 9.80 Å². The molecular formula is C16H22N6O2. The summed E-state index contributed by atoms with van der Waals surface area (Å²) in [5.74, 6) is 3.08. The largest absolute Gasteiger partial charge is 0.363 e. The summed E-state index contributed by atoms with van der Waals surface area (Å²) in [6.07, 6.45) is 0. The first-order valence-corrected chi connectivity index (χ1v) is 7.94. The van der Waals surface area contributed by atoms with E-state index in [-0.39, 0.29) is 5.91 Å². The Morgan fingerprint density at radius 1 is 1.12 bits per heavy atom. The van der Waals surface area contributed by atoms with E-state index in [1.54, 1.807) is 17.9 Å². The van der Waals surface area contributed by atoms with Gasteiger partial charge in [0.2, 0.25) is 0 Å². The van der Waals surface area contributed by atoms with Crippen LogP contribution in [-0.4, -0.2) is 66.2 Å². The second kappa shape index (κ2) is 6.46. The third-order valence-corrected chi connectivity index (χ3v) is 4.01. The molecule has 0 aliphatic carbocycles. The summed E-state index contributed by atoms with van der Waals surface area (Å²) < 4.78 is 4.99. The Labute approximate surface area is 141 Å². The fraction of sp³-hybridized carbons (Fsp3) is 0.500. The van der Waals surface area contributed by atoms with E-state index in [4.69, 9.17) is 4.52 Å². The number of hydrogen-bond acceptors (Lipinski definition) is 7. The van der Waals surface area contributed by atoms with Gasteiger partial charge in [0, 0.05) is 52.4 Å². The Hall–Kier alpha value is -2.64. The zero-order chi connectivity index (χ0) is 17.3. The summed E-state index contributed by atoms with van der Waals surface area (Å²) in [4.78, 5) is 27.3. The fourth-order valence-corrected chi connectivity index (χ4v) is 2.70. The maximum atomic E-state index is 12.4. The summed E-state index contributed by atoms with van der Waals surface area (Å²) in [6, 6.07) is 3.65. The molecule has 1 aliphatic rings. The summed E-state index contributed by atoms with van der Waals surface area (Å²) in [6.45, 7) is 6.39.